The maximum absolute atomic E-state index is 13.7. The molecule has 2 rings (SSSR count). The molecule has 0 N–H and O–H groups in total. The zero-order valence-electron chi connectivity index (χ0n) is 10.3. The smallest absolute Gasteiger partial charge is 0.132 e. The van der Waals surface area contributed by atoms with Gasteiger partial charge in [-0.1, -0.05) is 12.2 Å². The summed E-state index contributed by atoms with van der Waals surface area (Å²) in [6.45, 7) is 5.91. The van der Waals surface area contributed by atoms with Gasteiger partial charge in [0, 0.05) is 31.0 Å². The van der Waals surface area contributed by atoms with Gasteiger partial charge >= 0.3 is 0 Å². The molecule has 0 radical (unpaired) electrons. The lowest BCUT2D eigenvalue weighted by Crippen LogP contribution is -2.25. The molecule has 2 heterocycles. The number of aromatic nitrogens is 1. The van der Waals surface area contributed by atoms with E-state index in [0.717, 1.165) is 25.9 Å². The summed E-state index contributed by atoms with van der Waals surface area (Å²) in [5.41, 5.74) is 1.81. The molecular formula is C15H17FN2. The first-order valence-electron chi connectivity index (χ1n) is 6.11. The molecule has 1 aliphatic rings. The Kier molecular flexibility index (Phi) is 4.29. The Hall–Kier alpha value is -1.90. The summed E-state index contributed by atoms with van der Waals surface area (Å²) >= 11 is 0. The fraction of sp³-hybridized carbons (Fsp3) is 0.267. The number of hydrogen-bond acceptors (Lipinski definition) is 2. The number of rotatable bonds is 3. The first kappa shape index (κ1) is 12.6. The topological polar surface area (TPSA) is 16.1 Å². The van der Waals surface area contributed by atoms with Crippen LogP contribution in [0.5, 0.6) is 0 Å². The zero-order valence-corrected chi connectivity index (χ0v) is 10.3. The average Bonchev–Trinajstić information content (AvgIpc) is 2.42. The van der Waals surface area contributed by atoms with E-state index in [1.165, 1.54) is 17.8 Å². The van der Waals surface area contributed by atoms with Gasteiger partial charge in [0.1, 0.15) is 5.83 Å². The van der Waals surface area contributed by atoms with E-state index in [0.29, 0.717) is 5.56 Å². The molecule has 0 aliphatic carbocycles. The van der Waals surface area contributed by atoms with Crippen LogP contribution in [0, 0.1) is 0 Å². The lowest BCUT2D eigenvalue weighted by atomic mass is 10.1. The summed E-state index contributed by atoms with van der Waals surface area (Å²) in [5, 5.41) is 0. The van der Waals surface area contributed by atoms with Crippen molar-refractivity contribution in [1.29, 1.82) is 0 Å². The number of pyridine rings is 1. The van der Waals surface area contributed by atoms with Gasteiger partial charge in [-0.3, -0.25) is 4.98 Å². The van der Waals surface area contributed by atoms with Crippen LogP contribution in [0.3, 0.4) is 0 Å². The van der Waals surface area contributed by atoms with E-state index in [-0.39, 0.29) is 5.83 Å². The average molecular weight is 244 g/mol. The Morgan fingerprint density at radius 3 is 2.83 bits per heavy atom. The highest BCUT2D eigenvalue weighted by atomic mass is 19.1. The second-order valence-corrected chi connectivity index (χ2v) is 4.38. The number of allylic oxidation sites excluding steroid dienone is 2. The lowest BCUT2D eigenvalue weighted by Gasteiger charge is -2.26. The number of hydrogen-bond donors (Lipinski definition) is 0. The van der Waals surface area contributed by atoms with Crippen LogP contribution in [0.4, 0.5) is 4.39 Å². The normalized spacial score (nSPS) is 17.5. The molecule has 0 unspecified atom stereocenters. The Morgan fingerprint density at radius 1 is 1.39 bits per heavy atom. The van der Waals surface area contributed by atoms with Crippen LogP contribution >= 0.6 is 0 Å². The lowest BCUT2D eigenvalue weighted by molar-refractivity contribution is 0.350. The molecular weight excluding hydrogens is 227 g/mol. The van der Waals surface area contributed by atoms with E-state index in [2.05, 4.69) is 16.5 Å². The molecule has 0 atom stereocenters. The molecule has 1 fully saturated rings. The van der Waals surface area contributed by atoms with E-state index >= 15 is 0 Å². The summed E-state index contributed by atoms with van der Waals surface area (Å²) < 4.78 is 13.7. The van der Waals surface area contributed by atoms with Crippen molar-refractivity contribution in [3.05, 3.63) is 60.6 Å². The first-order chi connectivity index (χ1) is 8.75. The van der Waals surface area contributed by atoms with Gasteiger partial charge in [-0.2, -0.15) is 0 Å². The highest BCUT2D eigenvalue weighted by Crippen LogP contribution is 2.16. The first-order valence-corrected chi connectivity index (χ1v) is 6.11. The van der Waals surface area contributed by atoms with Crippen LogP contribution in [-0.2, 0) is 0 Å². The van der Waals surface area contributed by atoms with Gasteiger partial charge in [0.15, 0.2) is 0 Å². The van der Waals surface area contributed by atoms with Gasteiger partial charge in [-0.05, 0) is 43.3 Å². The minimum Gasteiger partial charge on any atom is -0.377 e. The van der Waals surface area contributed by atoms with Crippen molar-refractivity contribution < 1.29 is 4.39 Å². The molecule has 2 nitrogen and oxygen atoms in total. The standard InChI is InChI=1S/C15H17FN2/c1-13-6-10-18(11-7-13)9-3-5-15(16)14-4-2-8-17-12-14/h2-5,8-9,12H,1,6-7,10-11H2/b9-3+,15-5+. The van der Waals surface area contributed by atoms with Crippen molar-refractivity contribution in [3.63, 3.8) is 0 Å². The summed E-state index contributed by atoms with van der Waals surface area (Å²) in [7, 11) is 0. The molecule has 1 aromatic rings. The molecule has 0 bridgehead atoms. The van der Waals surface area contributed by atoms with Crippen LogP contribution in [0.2, 0.25) is 0 Å². The SMILES string of the molecule is C=C1CCN(/C=C/C=C(/F)c2cccnc2)CC1. The van der Waals surface area contributed by atoms with Gasteiger partial charge in [0.25, 0.3) is 0 Å². The highest BCUT2D eigenvalue weighted by Gasteiger charge is 2.07. The van der Waals surface area contributed by atoms with Crippen LogP contribution in [-0.4, -0.2) is 23.0 Å². The summed E-state index contributed by atoms with van der Waals surface area (Å²) in [4.78, 5) is 6.07. The molecule has 0 saturated carbocycles. The molecule has 0 aromatic carbocycles. The van der Waals surface area contributed by atoms with Gasteiger partial charge in [0.2, 0.25) is 0 Å². The Bertz CT molecular complexity index is 453. The largest absolute Gasteiger partial charge is 0.377 e. The monoisotopic (exact) mass is 244 g/mol. The summed E-state index contributed by atoms with van der Waals surface area (Å²) in [5.74, 6) is -0.263. The third-order valence-corrected chi connectivity index (χ3v) is 2.98. The maximum Gasteiger partial charge on any atom is 0.132 e. The molecule has 3 heteroatoms. The van der Waals surface area contributed by atoms with Crippen molar-refractivity contribution in [2.45, 2.75) is 12.8 Å². The van der Waals surface area contributed by atoms with E-state index in [1.54, 1.807) is 24.4 Å². The Labute approximate surface area is 107 Å². The second kappa shape index (κ2) is 6.15. The molecule has 18 heavy (non-hydrogen) atoms. The van der Waals surface area contributed by atoms with Crippen molar-refractivity contribution in [2.75, 3.05) is 13.1 Å². The van der Waals surface area contributed by atoms with Crippen molar-refractivity contribution in [1.82, 2.24) is 9.88 Å². The number of nitrogens with zero attached hydrogens (tertiary/aromatic N) is 2. The molecule has 1 aromatic heterocycles. The van der Waals surface area contributed by atoms with Crippen LogP contribution in [0.25, 0.3) is 5.83 Å². The molecule has 0 amide bonds. The summed E-state index contributed by atoms with van der Waals surface area (Å²) in [6, 6.07) is 3.43. The van der Waals surface area contributed by atoms with Crippen LogP contribution in [0.1, 0.15) is 18.4 Å². The predicted octanol–water partition coefficient (Wildman–Crippen LogP) is 3.56. The third-order valence-electron chi connectivity index (χ3n) is 2.98. The number of piperidine rings is 1. The number of halogens is 1. The third kappa shape index (κ3) is 3.55. The minimum absolute atomic E-state index is 0.263. The highest BCUT2D eigenvalue weighted by molar-refractivity contribution is 5.59. The van der Waals surface area contributed by atoms with E-state index in [9.17, 15) is 4.39 Å². The predicted molar refractivity (Wildman–Crippen MR) is 72.4 cm³/mol. The van der Waals surface area contributed by atoms with Crippen LogP contribution in [0.15, 0.2) is 55.0 Å². The quantitative estimate of drug-likeness (QED) is 0.597. The van der Waals surface area contributed by atoms with E-state index < -0.39 is 0 Å². The molecule has 0 spiro atoms. The fourth-order valence-electron chi connectivity index (χ4n) is 1.84. The zero-order chi connectivity index (χ0) is 12.8. The van der Waals surface area contributed by atoms with Gasteiger partial charge in [-0.15, -0.1) is 0 Å². The van der Waals surface area contributed by atoms with E-state index in [1.807, 2.05) is 6.20 Å². The van der Waals surface area contributed by atoms with Crippen molar-refractivity contribution in [2.24, 2.45) is 0 Å². The van der Waals surface area contributed by atoms with Crippen molar-refractivity contribution in [3.8, 4) is 0 Å². The molecule has 1 saturated heterocycles. The van der Waals surface area contributed by atoms with Gasteiger partial charge in [0.05, 0.1) is 0 Å². The van der Waals surface area contributed by atoms with E-state index in [4.69, 9.17) is 0 Å². The summed E-state index contributed by atoms with van der Waals surface area (Å²) in [6.07, 6.45) is 10.4. The maximum atomic E-state index is 13.7. The number of likely N-dealkylation sites (tertiary alicyclic amines) is 1. The van der Waals surface area contributed by atoms with Gasteiger partial charge < -0.3 is 4.90 Å². The second-order valence-electron chi connectivity index (χ2n) is 4.38. The Morgan fingerprint density at radius 2 is 2.17 bits per heavy atom. The molecule has 94 valence electrons. The van der Waals surface area contributed by atoms with Gasteiger partial charge in [-0.25, -0.2) is 4.39 Å². The minimum atomic E-state index is -0.263. The Balaban J connectivity index is 1.92. The fourth-order valence-corrected chi connectivity index (χ4v) is 1.84. The van der Waals surface area contributed by atoms with Crippen LogP contribution < -0.4 is 0 Å². The van der Waals surface area contributed by atoms with Crippen molar-refractivity contribution >= 4 is 5.83 Å². The molecule has 1 aliphatic heterocycles.